The highest BCUT2D eigenvalue weighted by Gasteiger charge is 2.15. The van der Waals surface area contributed by atoms with E-state index in [4.69, 9.17) is 9.26 Å². The Bertz CT molecular complexity index is 1050. The van der Waals surface area contributed by atoms with Crippen molar-refractivity contribution in [1.29, 1.82) is 0 Å². The van der Waals surface area contributed by atoms with Crippen LogP contribution in [0.2, 0.25) is 0 Å². The maximum atomic E-state index is 12.5. The lowest BCUT2D eigenvalue weighted by Gasteiger charge is -2.05. The van der Waals surface area contributed by atoms with Gasteiger partial charge in [0.1, 0.15) is 5.75 Å². The van der Waals surface area contributed by atoms with Gasteiger partial charge in [0.25, 0.3) is 0 Å². The van der Waals surface area contributed by atoms with Crippen molar-refractivity contribution in [3.05, 3.63) is 66.5 Å². The van der Waals surface area contributed by atoms with Crippen LogP contribution in [0.3, 0.4) is 0 Å². The summed E-state index contributed by atoms with van der Waals surface area (Å²) in [5.41, 5.74) is 3.55. The highest BCUT2D eigenvalue weighted by molar-refractivity contribution is 5.97. The van der Waals surface area contributed by atoms with Crippen LogP contribution in [0.1, 0.15) is 5.56 Å². The molecule has 0 bridgehead atoms. The summed E-state index contributed by atoms with van der Waals surface area (Å²) in [5, 5.41) is 7.66. The van der Waals surface area contributed by atoms with Gasteiger partial charge in [-0.1, -0.05) is 35.5 Å². The Morgan fingerprint density at radius 3 is 2.81 bits per heavy atom. The van der Waals surface area contributed by atoms with Crippen LogP contribution in [0.4, 0.5) is 5.88 Å². The van der Waals surface area contributed by atoms with Gasteiger partial charge in [0, 0.05) is 17.1 Å². The molecular formula is C20H17N3O3. The molecule has 2 aromatic carbocycles. The molecule has 6 nitrogen and oxygen atoms in total. The number of nitrogens with zero attached hydrogens (tertiary/aromatic N) is 1. The van der Waals surface area contributed by atoms with Gasteiger partial charge in [0.2, 0.25) is 11.8 Å². The van der Waals surface area contributed by atoms with Crippen LogP contribution in [-0.4, -0.2) is 23.2 Å². The number of carbonyl (C=O) groups excluding carboxylic acids is 1. The maximum Gasteiger partial charge on any atom is 0.239 e. The number of anilines is 1. The van der Waals surface area contributed by atoms with Crippen LogP contribution in [0.15, 0.2) is 65.4 Å². The number of fused-ring (bicyclic) bond motifs is 1. The average molecular weight is 347 g/mol. The molecule has 2 N–H and O–H groups in total. The number of para-hydroxylation sites is 1. The second-order valence-electron chi connectivity index (χ2n) is 5.88. The zero-order valence-electron chi connectivity index (χ0n) is 14.2. The number of amides is 1. The van der Waals surface area contributed by atoms with Gasteiger partial charge in [-0.3, -0.25) is 10.1 Å². The standard InChI is InChI=1S/C20H17N3O3/c1-25-15-8-6-13(7-9-15)17-12-22-26-20(17)23-19(24)10-14-11-21-18-5-3-2-4-16(14)18/h2-9,11-12,21H,10H2,1H3,(H,23,24). The number of carbonyl (C=O) groups is 1. The van der Waals surface area contributed by atoms with E-state index in [0.29, 0.717) is 5.88 Å². The van der Waals surface area contributed by atoms with E-state index in [-0.39, 0.29) is 12.3 Å². The van der Waals surface area contributed by atoms with Gasteiger partial charge in [-0.05, 0) is 29.3 Å². The molecule has 0 unspecified atom stereocenters. The van der Waals surface area contributed by atoms with Crippen molar-refractivity contribution in [1.82, 2.24) is 10.1 Å². The first-order valence-electron chi connectivity index (χ1n) is 8.18. The summed E-state index contributed by atoms with van der Waals surface area (Å²) < 4.78 is 10.4. The average Bonchev–Trinajstić information content (AvgIpc) is 3.29. The van der Waals surface area contributed by atoms with Crippen LogP contribution < -0.4 is 10.1 Å². The Morgan fingerprint density at radius 2 is 2.00 bits per heavy atom. The summed E-state index contributed by atoms with van der Waals surface area (Å²) in [6, 6.07) is 15.4. The second-order valence-corrected chi connectivity index (χ2v) is 5.88. The summed E-state index contributed by atoms with van der Waals surface area (Å²) in [4.78, 5) is 15.6. The van der Waals surface area contributed by atoms with E-state index in [1.165, 1.54) is 0 Å². The molecule has 0 saturated heterocycles. The fourth-order valence-corrected chi connectivity index (χ4v) is 2.93. The summed E-state index contributed by atoms with van der Waals surface area (Å²) in [5.74, 6) is 0.927. The molecule has 0 aliphatic heterocycles. The van der Waals surface area contributed by atoms with Crippen molar-refractivity contribution >= 4 is 22.7 Å². The number of nitrogens with one attached hydrogen (secondary N) is 2. The highest BCUT2D eigenvalue weighted by Crippen LogP contribution is 2.29. The van der Waals surface area contributed by atoms with Gasteiger partial charge < -0.3 is 14.2 Å². The van der Waals surface area contributed by atoms with Crippen molar-refractivity contribution < 1.29 is 14.1 Å². The lowest BCUT2D eigenvalue weighted by Crippen LogP contribution is -2.14. The van der Waals surface area contributed by atoms with Crippen molar-refractivity contribution in [2.24, 2.45) is 0 Å². The third kappa shape index (κ3) is 3.04. The van der Waals surface area contributed by atoms with E-state index in [1.807, 2.05) is 54.7 Å². The maximum absolute atomic E-state index is 12.5. The molecule has 0 saturated carbocycles. The van der Waals surface area contributed by atoms with Gasteiger partial charge in [-0.25, -0.2) is 0 Å². The van der Waals surface area contributed by atoms with Crippen molar-refractivity contribution in [3.63, 3.8) is 0 Å². The van der Waals surface area contributed by atoms with Crippen LogP contribution in [0.25, 0.3) is 22.0 Å². The Balaban J connectivity index is 1.52. The molecule has 26 heavy (non-hydrogen) atoms. The highest BCUT2D eigenvalue weighted by atomic mass is 16.5. The minimum atomic E-state index is -0.165. The number of H-pyrrole nitrogens is 1. The molecule has 4 aromatic rings. The molecule has 4 rings (SSSR count). The predicted octanol–water partition coefficient (Wildman–Crippen LogP) is 4.01. The molecule has 0 aliphatic carbocycles. The number of methoxy groups -OCH3 is 1. The molecular weight excluding hydrogens is 330 g/mol. The van der Waals surface area contributed by atoms with Gasteiger partial charge in [0.05, 0.1) is 25.3 Å². The number of hydrogen-bond acceptors (Lipinski definition) is 4. The summed E-state index contributed by atoms with van der Waals surface area (Å²) in [6.07, 6.45) is 3.69. The first-order chi connectivity index (χ1) is 12.7. The summed E-state index contributed by atoms with van der Waals surface area (Å²) in [7, 11) is 1.62. The molecule has 0 spiro atoms. The van der Waals surface area contributed by atoms with E-state index in [0.717, 1.165) is 33.3 Å². The first kappa shape index (κ1) is 16.0. The zero-order valence-corrected chi connectivity index (χ0v) is 14.2. The Morgan fingerprint density at radius 1 is 1.19 bits per heavy atom. The molecule has 0 radical (unpaired) electrons. The molecule has 1 amide bonds. The molecule has 0 aliphatic rings. The van der Waals surface area contributed by atoms with Crippen LogP contribution in [0, 0.1) is 0 Å². The Labute approximate surface area is 149 Å². The molecule has 6 heteroatoms. The largest absolute Gasteiger partial charge is 0.497 e. The number of aromatic amines is 1. The van der Waals surface area contributed by atoms with E-state index in [2.05, 4.69) is 15.5 Å². The van der Waals surface area contributed by atoms with Gasteiger partial charge in [-0.2, -0.15) is 0 Å². The predicted molar refractivity (Wildman–Crippen MR) is 99.1 cm³/mol. The van der Waals surface area contributed by atoms with Crippen LogP contribution in [0.5, 0.6) is 5.75 Å². The molecule has 2 aromatic heterocycles. The summed E-state index contributed by atoms with van der Waals surface area (Å²) in [6.45, 7) is 0. The summed E-state index contributed by atoms with van der Waals surface area (Å²) >= 11 is 0. The van der Waals surface area contributed by atoms with Gasteiger partial charge >= 0.3 is 0 Å². The number of hydrogen-bond donors (Lipinski definition) is 2. The van der Waals surface area contributed by atoms with E-state index >= 15 is 0 Å². The Hall–Kier alpha value is -3.54. The third-order valence-electron chi connectivity index (χ3n) is 4.25. The van der Waals surface area contributed by atoms with Gasteiger partial charge in [-0.15, -0.1) is 0 Å². The number of rotatable bonds is 5. The first-order valence-corrected chi connectivity index (χ1v) is 8.18. The second kappa shape index (κ2) is 6.76. The van der Waals surface area contributed by atoms with E-state index in [1.54, 1.807) is 13.3 Å². The normalized spacial score (nSPS) is 10.8. The van der Waals surface area contributed by atoms with Crippen molar-refractivity contribution in [2.75, 3.05) is 12.4 Å². The minimum absolute atomic E-state index is 0.165. The minimum Gasteiger partial charge on any atom is -0.497 e. The van der Waals surface area contributed by atoms with Gasteiger partial charge in [0.15, 0.2) is 0 Å². The molecule has 130 valence electrons. The molecule has 0 atom stereocenters. The lowest BCUT2D eigenvalue weighted by atomic mass is 10.1. The molecule has 0 fully saturated rings. The Kier molecular flexibility index (Phi) is 4.15. The fraction of sp³-hybridized carbons (Fsp3) is 0.100. The number of aromatic nitrogens is 2. The van der Waals surface area contributed by atoms with E-state index in [9.17, 15) is 4.79 Å². The fourth-order valence-electron chi connectivity index (χ4n) is 2.93. The topological polar surface area (TPSA) is 80.2 Å². The third-order valence-corrected chi connectivity index (χ3v) is 4.25. The number of benzene rings is 2. The SMILES string of the molecule is COc1ccc(-c2cnoc2NC(=O)Cc2c[nH]c3ccccc23)cc1. The van der Waals surface area contributed by atoms with Crippen molar-refractivity contribution in [2.45, 2.75) is 6.42 Å². The zero-order chi connectivity index (χ0) is 17.9. The van der Waals surface area contributed by atoms with E-state index < -0.39 is 0 Å². The van der Waals surface area contributed by atoms with Crippen molar-refractivity contribution in [3.8, 4) is 16.9 Å². The lowest BCUT2D eigenvalue weighted by molar-refractivity contribution is -0.115. The molecule has 2 heterocycles. The smallest absolute Gasteiger partial charge is 0.239 e. The number of ether oxygens (including phenoxy) is 1. The van der Waals surface area contributed by atoms with Crippen LogP contribution >= 0.6 is 0 Å². The monoisotopic (exact) mass is 347 g/mol. The van der Waals surface area contributed by atoms with Crippen LogP contribution in [-0.2, 0) is 11.2 Å². The quantitative estimate of drug-likeness (QED) is 0.571.